The fraction of sp³-hybridized carbons (Fsp3) is 0.211. The summed E-state index contributed by atoms with van der Waals surface area (Å²) in [4.78, 5) is 14.7. The Morgan fingerprint density at radius 2 is 1.91 bits per heavy atom. The van der Waals surface area contributed by atoms with Crippen molar-refractivity contribution >= 4 is 16.9 Å². The Kier molecular flexibility index (Phi) is 4.06. The average Bonchev–Trinajstić information content (AvgIpc) is 2.86. The molecule has 0 unspecified atom stereocenters. The lowest BCUT2D eigenvalue weighted by molar-refractivity contribution is -0.136. The molecule has 0 fully saturated rings. The Morgan fingerprint density at radius 1 is 1.17 bits per heavy atom. The van der Waals surface area contributed by atoms with Crippen LogP contribution in [-0.4, -0.2) is 22.7 Å². The van der Waals surface area contributed by atoms with Crippen molar-refractivity contribution in [1.29, 1.82) is 0 Å². The summed E-state index contributed by atoms with van der Waals surface area (Å²) < 4.78 is 5.54. The van der Waals surface area contributed by atoms with Gasteiger partial charge in [0.05, 0.1) is 18.7 Å². The maximum absolute atomic E-state index is 11.3. The van der Waals surface area contributed by atoms with Crippen LogP contribution in [0.25, 0.3) is 22.2 Å². The van der Waals surface area contributed by atoms with E-state index >= 15 is 0 Å². The Hall–Kier alpha value is -2.75. The molecule has 23 heavy (non-hydrogen) atoms. The van der Waals surface area contributed by atoms with Crippen molar-refractivity contribution in [2.45, 2.75) is 20.3 Å². The second-order valence-electron chi connectivity index (χ2n) is 5.56. The summed E-state index contributed by atoms with van der Waals surface area (Å²) in [6.07, 6.45) is -0.0290. The van der Waals surface area contributed by atoms with E-state index in [1.54, 1.807) is 0 Å². The molecule has 0 aliphatic rings. The smallest absolute Gasteiger partial charge is 0.307 e. The zero-order valence-corrected chi connectivity index (χ0v) is 13.2. The number of benzene rings is 2. The third kappa shape index (κ3) is 3.06. The van der Waals surface area contributed by atoms with Crippen LogP contribution in [0, 0.1) is 6.92 Å². The molecule has 1 aromatic heterocycles. The van der Waals surface area contributed by atoms with E-state index < -0.39 is 5.97 Å². The van der Waals surface area contributed by atoms with Crippen LogP contribution in [-0.2, 0) is 11.2 Å². The fourth-order valence-electron chi connectivity index (χ4n) is 2.78. The van der Waals surface area contributed by atoms with E-state index in [2.05, 4.69) is 4.98 Å². The van der Waals surface area contributed by atoms with Crippen molar-refractivity contribution in [2.75, 3.05) is 6.61 Å². The molecule has 4 heteroatoms. The number of carbonyl (C=O) groups is 1. The maximum atomic E-state index is 11.3. The van der Waals surface area contributed by atoms with Crippen LogP contribution in [0.1, 0.15) is 18.1 Å². The first-order valence-electron chi connectivity index (χ1n) is 7.64. The van der Waals surface area contributed by atoms with Gasteiger partial charge in [-0.3, -0.25) is 4.79 Å². The van der Waals surface area contributed by atoms with Crippen LogP contribution in [0.3, 0.4) is 0 Å². The number of carboxylic acids is 1. The minimum Gasteiger partial charge on any atom is -0.494 e. The van der Waals surface area contributed by atoms with Gasteiger partial charge < -0.3 is 14.8 Å². The molecule has 0 saturated heterocycles. The third-order valence-electron chi connectivity index (χ3n) is 3.86. The molecule has 0 radical (unpaired) electrons. The molecule has 0 amide bonds. The second-order valence-corrected chi connectivity index (χ2v) is 5.56. The number of fused-ring (bicyclic) bond motifs is 1. The number of rotatable bonds is 5. The lowest BCUT2D eigenvalue weighted by Gasteiger charge is -2.05. The van der Waals surface area contributed by atoms with Crippen LogP contribution in [0.15, 0.2) is 42.5 Å². The lowest BCUT2D eigenvalue weighted by Crippen LogP contribution is -2.01. The molecule has 1 heterocycles. The van der Waals surface area contributed by atoms with Gasteiger partial charge in [-0.2, -0.15) is 0 Å². The van der Waals surface area contributed by atoms with Gasteiger partial charge in [0.1, 0.15) is 5.75 Å². The van der Waals surface area contributed by atoms with Gasteiger partial charge in [-0.1, -0.05) is 29.8 Å². The van der Waals surface area contributed by atoms with Gasteiger partial charge in [0.25, 0.3) is 0 Å². The highest BCUT2D eigenvalue weighted by Crippen LogP contribution is 2.33. The van der Waals surface area contributed by atoms with Crippen molar-refractivity contribution in [1.82, 2.24) is 4.98 Å². The molecule has 2 N–H and O–H groups in total. The Morgan fingerprint density at radius 3 is 2.57 bits per heavy atom. The highest BCUT2D eigenvalue weighted by atomic mass is 16.5. The van der Waals surface area contributed by atoms with Crippen molar-refractivity contribution in [3.8, 4) is 17.0 Å². The largest absolute Gasteiger partial charge is 0.494 e. The van der Waals surface area contributed by atoms with Crippen LogP contribution in [0.4, 0.5) is 0 Å². The number of ether oxygens (including phenoxy) is 1. The summed E-state index contributed by atoms with van der Waals surface area (Å²) in [5.41, 5.74) is 4.72. The summed E-state index contributed by atoms with van der Waals surface area (Å²) >= 11 is 0. The summed E-state index contributed by atoms with van der Waals surface area (Å²) in [5, 5.41) is 10.2. The molecule has 0 atom stereocenters. The summed E-state index contributed by atoms with van der Waals surface area (Å²) in [6.45, 7) is 4.54. The summed E-state index contributed by atoms with van der Waals surface area (Å²) in [7, 11) is 0. The van der Waals surface area contributed by atoms with Gasteiger partial charge >= 0.3 is 5.97 Å². The van der Waals surface area contributed by atoms with E-state index in [1.807, 2.05) is 56.3 Å². The molecular formula is C19H19NO3. The molecule has 0 bridgehead atoms. The van der Waals surface area contributed by atoms with Crippen molar-refractivity contribution in [3.05, 3.63) is 53.6 Å². The molecule has 118 valence electrons. The van der Waals surface area contributed by atoms with Crippen LogP contribution >= 0.6 is 0 Å². The lowest BCUT2D eigenvalue weighted by atomic mass is 10.0. The van der Waals surface area contributed by atoms with E-state index in [-0.39, 0.29) is 6.42 Å². The first-order valence-corrected chi connectivity index (χ1v) is 7.64. The van der Waals surface area contributed by atoms with Gasteiger partial charge in [-0.15, -0.1) is 0 Å². The molecule has 3 rings (SSSR count). The minimum atomic E-state index is -0.846. The molecular weight excluding hydrogens is 290 g/mol. The predicted molar refractivity (Wildman–Crippen MR) is 91.0 cm³/mol. The predicted octanol–water partition coefficient (Wildman–Crippen LogP) is 4.17. The molecule has 0 spiro atoms. The Labute approximate surface area is 134 Å². The van der Waals surface area contributed by atoms with Gasteiger partial charge in [0, 0.05) is 10.9 Å². The van der Waals surface area contributed by atoms with Crippen molar-refractivity contribution < 1.29 is 14.6 Å². The van der Waals surface area contributed by atoms with E-state index in [0.29, 0.717) is 6.61 Å². The van der Waals surface area contributed by atoms with Crippen molar-refractivity contribution in [2.24, 2.45) is 0 Å². The van der Waals surface area contributed by atoms with Gasteiger partial charge in [-0.25, -0.2) is 0 Å². The molecule has 4 nitrogen and oxygen atoms in total. The normalized spacial score (nSPS) is 10.9. The number of aromatic amines is 1. The quantitative estimate of drug-likeness (QED) is 0.743. The topological polar surface area (TPSA) is 62.3 Å². The fourth-order valence-corrected chi connectivity index (χ4v) is 2.78. The molecule has 0 saturated carbocycles. The van der Waals surface area contributed by atoms with Gasteiger partial charge in [0.15, 0.2) is 0 Å². The average molecular weight is 309 g/mol. The number of aliphatic carboxylic acids is 1. The standard InChI is InChI=1S/C19H19NO3/c1-3-23-14-8-9-17-15(10-14)16(11-18(21)22)19(20-17)13-6-4-12(2)5-7-13/h4-10,20H,3,11H2,1-2H3,(H,21,22). The minimum absolute atomic E-state index is 0.0290. The third-order valence-corrected chi connectivity index (χ3v) is 3.86. The Balaban J connectivity index is 2.19. The maximum Gasteiger partial charge on any atom is 0.307 e. The zero-order valence-electron chi connectivity index (χ0n) is 13.2. The number of aromatic nitrogens is 1. The molecule has 0 aliphatic heterocycles. The van der Waals surface area contributed by atoms with E-state index in [9.17, 15) is 9.90 Å². The summed E-state index contributed by atoms with van der Waals surface area (Å²) in [5.74, 6) is -0.0952. The number of nitrogens with one attached hydrogen (secondary N) is 1. The van der Waals surface area contributed by atoms with E-state index in [0.717, 1.165) is 33.5 Å². The number of aryl methyl sites for hydroxylation is 1. The summed E-state index contributed by atoms with van der Waals surface area (Å²) in [6, 6.07) is 13.8. The van der Waals surface area contributed by atoms with Gasteiger partial charge in [0.2, 0.25) is 0 Å². The van der Waals surface area contributed by atoms with Crippen molar-refractivity contribution in [3.63, 3.8) is 0 Å². The number of hydrogen-bond acceptors (Lipinski definition) is 2. The molecule has 2 aromatic carbocycles. The number of carboxylic acid groups (broad SMARTS) is 1. The van der Waals surface area contributed by atoms with Crippen LogP contribution < -0.4 is 4.74 Å². The molecule has 0 aliphatic carbocycles. The van der Waals surface area contributed by atoms with Gasteiger partial charge in [-0.05, 0) is 43.2 Å². The first kappa shape index (κ1) is 15.2. The van der Waals surface area contributed by atoms with Crippen LogP contribution in [0.5, 0.6) is 5.75 Å². The van der Waals surface area contributed by atoms with E-state index in [4.69, 9.17) is 4.74 Å². The monoisotopic (exact) mass is 309 g/mol. The number of H-pyrrole nitrogens is 1. The zero-order chi connectivity index (χ0) is 16.4. The molecule has 3 aromatic rings. The SMILES string of the molecule is CCOc1ccc2[nH]c(-c3ccc(C)cc3)c(CC(=O)O)c2c1. The Bertz CT molecular complexity index is 847. The number of hydrogen-bond donors (Lipinski definition) is 2. The first-order chi connectivity index (χ1) is 11.1. The van der Waals surface area contributed by atoms with Crippen LogP contribution in [0.2, 0.25) is 0 Å². The van der Waals surface area contributed by atoms with E-state index in [1.165, 1.54) is 5.56 Å². The highest BCUT2D eigenvalue weighted by molar-refractivity contribution is 5.94. The second kappa shape index (κ2) is 6.16. The highest BCUT2D eigenvalue weighted by Gasteiger charge is 2.16.